The summed E-state index contributed by atoms with van der Waals surface area (Å²) < 4.78 is 5.97. The fourth-order valence-corrected chi connectivity index (χ4v) is 3.25. The van der Waals surface area contributed by atoms with Gasteiger partial charge in [-0.3, -0.25) is 25.2 Å². The number of aromatic nitrogens is 2. The van der Waals surface area contributed by atoms with E-state index in [0.717, 1.165) is 10.0 Å². The van der Waals surface area contributed by atoms with Gasteiger partial charge in [0.1, 0.15) is 5.75 Å². The summed E-state index contributed by atoms with van der Waals surface area (Å²) >= 11 is 3.40. The average molecular weight is 445 g/mol. The van der Waals surface area contributed by atoms with Crippen molar-refractivity contribution in [3.8, 4) is 5.75 Å². The third kappa shape index (κ3) is 4.37. The third-order valence-corrected chi connectivity index (χ3v) is 4.70. The summed E-state index contributed by atoms with van der Waals surface area (Å²) in [5.41, 5.74) is 5.27. The molecule has 0 aliphatic rings. The number of benzene rings is 2. The minimum Gasteiger partial charge on any atom is -0.496 e. The van der Waals surface area contributed by atoms with Gasteiger partial charge in [-0.15, -0.1) is 0 Å². The van der Waals surface area contributed by atoms with Gasteiger partial charge >= 0.3 is 0 Å². The zero-order chi connectivity index (χ0) is 20.1. The summed E-state index contributed by atoms with van der Waals surface area (Å²) in [5.74, 6) is -0.261. The highest BCUT2D eigenvalue weighted by Crippen LogP contribution is 2.25. The Morgan fingerprint density at radius 1 is 1.14 bits per heavy atom. The van der Waals surface area contributed by atoms with Crippen molar-refractivity contribution in [3.05, 3.63) is 68.5 Å². The maximum absolute atomic E-state index is 12.3. The van der Waals surface area contributed by atoms with E-state index in [1.165, 1.54) is 0 Å². The molecular formula is C19H17BrN4O4. The molecule has 2 aromatic carbocycles. The molecule has 0 radical (unpaired) electrons. The molecule has 0 spiro atoms. The van der Waals surface area contributed by atoms with Crippen molar-refractivity contribution >= 4 is 38.5 Å². The van der Waals surface area contributed by atoms with Crippen molar-refractivity contribution in [1.29, 1.82) is 0 Å². The zero-order valence-electron chi connectivity index (χ0n) is 14.9. The monoisotopic (exact) mass is 444 g/mol. The van der Waals surface area contributed by atoms with Crippen LogP contribution < -0.4 is 21.1 Å². The van der Waals surface area contributed by atoms with Crippen molar-refractivity contribution in [2.75, 3.05) is 7.11 Å². The van der Waals surface area contributed by atoms with E-state index in [9.17, 15) is 14.4 Å². The van der Waals surface area contributed by atoms with E-state index in [2.05, 4.69) is 37.0 Å². The summed E-state index contributed by atoms with van der Waals surface area (Å²) in [4.78, 5) is 36.1. The summed E-state index contributed by atoms with van der Waals surface area (Å²) in [6.45, 7) is 0. The number of nitrogens with zero attached hydrogens (tertiary/aromatic N) is 1. The van der Waals surface area contributed by atoms with Crippen molar-refractivity contribution < 1.29 is 14.3 Å². The van der Waals surface area contributed by atoms with E-state index in [1.807, 2.05) is 18.2 Å². The van der Waals surface area contributed by atoms with Crippen LogP contribution >= 0.6 is 15.9 Å². The second-order valence-electron chi connectivity index (χ2n) is 5.92. The first kappa shape index (κ1) is 19.6. The molecule has 8 nitrogen and oxygen atoms in total. The van der Waals surface area contributed by atoms with Crippen LogP contribution in [-0.4, -0.2) is 29.1 Å². The molecule has 28 heavy (non-hydrogen) atoms. The van der Waals surface area contributed by atoms with Gasteiger partial charge in [-0.05, 0) is 46.1 Å². The van der Waals surface area contributed by atoms with E-state index in [0.29, 0.717) is 22.9 Å². The fraction of sp³-hybridized carbons (Fsp3) is 0.158. The smallest absolute Gasteiger partial charge is 0.290 e. The van der Waals surface area contributed by atoms with Crippen molar-refractivity contribution in [2.24, 2.45) is 0 Å². The first-order chi connectivity index (χ1) is 13.5. The molecule has 0 bridgehead atoms. The number of aromatic amines is 1. The number of methoxy groups -OCH3 is 1. The Kier molecular flexibility index (Phi) is 6.05. The number of aryl methyl sites for hydroxylation is 1. The number of nitrogens with one attached hydrogen (secondary N) is 3. The summed E-state index contributed by atoms with van der Waals surface area (Å²) in [6.07, 6.45) is 0.670. The highest BCUT2D eigenvalue weighted by atomic mass is 79.9. The first-order valence-corrected chi connectivity index (χ1v) is 9.18. The van der Waals surface area contributed by atoms with Gasteiger partial charge < -0.3 is 4.74 Å². The number of rotatable bonds is 5. The Hall–Kier alpha value is -3.20. The normalized spacial score (nSPS) is 10.5. The molecule has 3 rings (SSSR count). The number of fused-ring (bicyclic) bond motifs is 1. The molecule has 0 saturated carbocycles. The van der Waals surface area contributed by atoms with Gasteiger partial charge in [0.25, 0.3) is 11.5 Å². The van der Waals surface area contributed by atoms with E-state index >= 15 is 0 Å². The molecule has 9 heteroatoms. The summed E-state index contributed by atoms with van der Waals surface area (Å²) in [7, 11) is 1.58. The summed E-state index contributed by atoms with van der Waals surface area (Å²) in [5, 5.41) is 6.82. The van der Waals surface area contributed by atoms with Crippen molar-refractivity contribution in [1.82, 2.24) is 21.0 Å². The van der Waals surface area contributed by atoms with E-state index < -0.39 is 5.91 Å². The number of hydrogen-bond donors (Lipinski definition) is 3. The average Bonchev–Trinajstić information content (AvgIpc) is 2.71. The third-order valence-electron chi connectivity index (χ3n) is 4.08. The Morgan fingerprint density at radius 3 is 2.61 bits per heavy atom. The lowest BCUT2D eigenvalue weighted by Gasteiger charge is -2.09. The highest BCUT2D eigenvalue weighted by Gasteiger charge is 2.14. The maximum Gasteiger partial charge on any atom is 0.290 e. The quantitative estimate of drug-likeness (QED) is 0.521. The molecule has 0 fully saturated rings. The molecule has 144 valence electrons. The molecule has 2 amide bonds. The van der Waals surface area contributed by atoms with Gasteiger partial charge in [0.05, 0.1) is 17.0 Å². The van der Waals surface area contributed by atoms with Crippen LogP contribution in [0.15, 0.2) is 51.7 Å². The van der Waals surface area contributed by atoms with E-state index in [-0.39, 0.29) is 23.6 Å². The van der Waals surface area contributed by atoms with Gasteiger partial charge in [-0.25, -0.2) is 5.10 Å². The lowest BCUT2D eigenvalue weighted by molar-refractivity contribution is -0.121. The number of hydrazine groups is 1. The minimum atomic E-state index is -0.618. The number of ether oxygens (including phenoxy) is 1. The molecule has 0 aliphatic heterocycles. The molecule has 0 unspecified atom stereocenters. The predicted molar refractivity (Wildman–Crippen MR) is 107 cm³/mol. The largest absolute Gasteiger partial charge is 0.496 e. The topological polar surface area (TPSA) is 113 Å². The molecule has 3 aromatic rings. The Morgan fingerprint density at radius 2 is 1.89 bits per heavy atom. The van der Waals surface area contributed by atoms with Gasteiger partial charge in [0, 0.05) is 11.8 Å². The molecule has 0 atom stereocenters. The van der Waals surface area contributed by atoms with E-state index in [1.54, 1.807) is 31.4 Å². The lowest BCUT2D eigenvalue weighted by atomic mass is 10.1. The molecule has 3 N–H and O–H groups in total. The number of amides is 2. The van der Waals surface area contributed by atoms with Crippen LogP contribution in [0.5, 0.6) is 5.75 Å². The number of carbonyl (C=O) groups is 2. The second-order valence-corrected chi connectivity index (χ2v) is 6.77. The Labute approximate surface area is 168 Å². The van der Waals surface area contributed by atoms with E-state index in [4.69, 9.17) is 4.74 Å². The number of carbonyl (C=O) groups excluding carboxylic acids is 2. The van der Waals surface area contributed by atoms with Crippen LogP contribution in [0.4, 0.5) is 0 Å². The number of halogens is 1. The van der Waals surface area contributed by atoms with Gasteiger partial charge in [0.15, 0.2) is 5.69 Å². The second kappa shape index (κ2) is 8.66. The Bertz CT molecular complexity index is 1100. The molecule has 0 saturated heterocycles. The molecule has 0 aliphatic carbocycles. The predicted octanol–water partition coefficient (Wildman–Crippen LogP) is 2.09. The van der Waals surface area contributed by atoms with Crippen LogP contribution in [0, 0.1) is 0 Å². The SMILES string of the molecule is COc1ccc(CCC(=O)NNC(=O)c2n[nH]c(=O)c3ccccc23)cc1Br. The van der Waals surface area contributed by atoms with Crippen LogP contribution in [-0.2, 0) is 11.2 Å². The number of H-pyrrole nitrogens is 1. The van der Waals surface area contributed by atoms with Crippen LogP contribution in [0.3, 0.4) is 0 Å². The molecule has 1 heterocycles. The first-order valence-electron chi connectivity index (χ1n) is 8.38. The van der Waals surface area contributed by atoms with Gasteiger partial charge in [-0.2, -0.15) is 5.10 Å². The number of hydrogen-bond acceptors (Lipinski definition) is 5. The molecular weight excluding hydrogens is 428 g/mol. The fourth-order valence-electron chi connectivity index (χ4n) is 2.66. The highest BCUT2D eigenvalue weighted by molar-refractivity contribution is 9.10. The molecule has 1 aromatic heterocycles. The van der Waals surface area contributed by atoms with Gasteiger partial charge in [-0.1, -0.05) is 24.3 Å². The van der Waals surface area contributed by atoms with Gasteiger partial charge in [0.2, 0.25) is 5.91 Å². The maximum atomic E-state index is 12.3. The van der Waals surface area contributed by atoms with Crippen LogP contribution in [0.2, 0.25) is 0 Å². The Balaban J connectivity index is 1.59. The lowest BCUT2D eigenvalue weighted by Crippen LogP contribution is -2.42. The summed E-state index contributed by atoms with van der Waals surface area (Å²) in [6, 6.07) is 12.2. The van der Waals surface area contributed by atoms with Crippen molar-refractivity contribution in [2.45, 2.75) is 12.8 Å². The zero-order valence-corrected chi connectivity index (χ0v) is 16.5. The van der Waals surface area contributed by atoms with Crippen LogP contribution in [0.1, 0.15) is 22.5 Å². The minimum absolute atomic E-state index is 0.0228. The van der Waals surface area contributed by atoms with Crippen LogP contribution in [0.25, 0.3) is 10.8 Å². The van der Waals surface area contributed by atoms with Crippen molar-refractivity contribution in [3.63, 3.8) is 0 Å². The standard InChI is InChI=1S/C19H17BrN4O4/c1-28-15-8-6-11(10-14(15)20)7-9-16(25)21-24-19(27)17-12-4-2-3-5-13(12)18(26)23-22-17/h2-6,8,10H,7,9H2,1H3,(H,21,25)(H,23,26)(H,24,27).